The van der Waals surface area contributed by atoms with Gasteiger partial charge in [-0.25, -0.2) is 13.2 Å². The first kappa shape index (κ1) is 13.6. The second kappa shape index (κ2) is 5.02. The Morgan fingerprint density at radius 1 is 1.26 bits per heavy atom. The van der Waals surface area contributed by atoms with Gasteiger partial charge in [-0.05, 0) is 11.6 Å². The van der Waals surface area contributed by atoms with E-state index in [1.165, 1.54) is 6.07 Å². The van der Waals surface area contributed by atoms with Crippen molar-refractivity contribution in [2.24, 2.45) is 0 Å². The van der Waals surface area contributed by atoms with Gasteiger partial charge < -0.3 is 5.11 Å². The van der Waals surface area contributed by atoms with Crippen LogP contribution < -0.4 is 4.72 Å². The summed E-state index contributed by atoms with van der Waals surface area (Å²) in [6.45, 7) is 0. The summed E-state index contributed by atoms with van der Waals surface area (Å²) < 4.78 is 24.7. The smallest absolute Gasteiger partial charge is 0.338 e. The largest absolute Gasteiger partial charge is 0.478 e. The Labute approximate surface area is 114 Å². The second-order valence-electron chi connectivity index (χ2n) is 3.90. The van der Waals surface area contributed by atoms with Crippen molar-refractivity contribution in [3.8, 4) is 10.4 Å². The SMILES string of the molecule is CS(=O)(=O)Nc1sc(-c2ccccc2)cc1C(=O)O. The third kappa shape index (κ3) is 3.33. The Bertz CT molecular complexity index is 705. The number of benzene rings is 1. The molecule has 2 N–H and O–H groups in total. The summed E-state index contributed by atoms with van der Waals surface area (Å²) in [4.78, 5) is 11.8. The zero-order valence-electron chi connectivity index (χ0n) is 9.95. The van der Waals surface area contributed by atoms with E-state index in [1.807, 2.05) is 30.3 Å². The molecule has 0 radical (unpaired) electrons. The van der Waals surface area contributed by atoms with Crippen LogP contribution in [0.2, 0.25) is 0 Å². The Balaban J connectivity index is 2.50. The highest BCUT2D eigenvalue weighted by molar-refractivity contribution is 7.92. The molecular weight excluding hydrogens is 286 g/mol. The van der Waals surface area contributed by atoms with Crippen LogP contribution in [0.15, 0.2) is 36.4 Å². The fourth-order valence-corrected chi connectivity index (χ4v) is 3.51. The van der Waals surface area contributed by atoms with Gasteiger partial charge in [0.05, 0.1) is 11.8 Å². The van der Waals surface area contributed by atoms with Crippen LogP contribution in [0.25, 0.3) is 10.4 Å². The summed E-state index contributed by atoms with van der Waals surface area (Å²) in [7, 11) is -3.50. The Morgan fingerprint density at radius 2 is 1.89 bits per heavy atom. The van der Waals surface area contributed by atoms with Crippen molar-refractivity contribution >= 4 is 32.3 Å². The highest BCUT2D eigenvalue weighted by Gasteiger charge is 2.18. The van der Waals surface area contributed by atoms with Crippen LogP contribution in [0.3, 0.4) is 0 Å². The molecule has 0 bridgehead atoms. The van der Waals surface area contributed by atoms with E-state index in [9.17, 15) is 13.2 Å². The van der Waals surface area contributed by atoms with Crippen molar-refractivity contribution < 1.29 is 18.3 Å². The predicted molar refractivity (Wildman–Crippen MR) is 75.2 cm³/mol. The molecule has 7 heteroatoms. The maximum atomic E-state index is 11.2. The molecule has 1 aromatic carbocycles. The number of hydrogen-bond donors (Lipinski definition) is 2. The molecule has 2 rings (SSSR count). The van der Waals surface area contributed by atoms with E-state index in [1.54, 1.807) is 0 Å². The lowest BCUT2D eigenvalue weighted by molar-refractivity contribution is 0.0698. The molecule has 1 heterocycles. The Kier molecular flexibility index (Phi) is 3.59. The van der Waals surface area contributed by atoms with Crippen molar-refractivity contribution in [1.82, 2.24) is 0 Å². The lowest BCUT2D eigenvalue weighted by Crippen LogP contribution is -2.11. The van der Waals surface area contributed by atoms with Crippen molar-refractivity contribution in [3.05, 3.63) is 42.0 Å². The maximum absolute atomic E-state index is 11.2. The van der Waals surface area contributed by atoms with Gasteiger partial charge in [-0.15, -0.1) is 11.3 Å². The van der Waals surface area contributed by atoms with Gasteiger partial charge in [-0.3, -0.25) is 4.72 Å². The maximum Gasteiger partial charge on any atom is 0.338 e. The normalized spacial score (nSPS) is 11.2. The lowest BCUT2D eigenvalue weighted by Gasteiger charge is -2.01. The number of nitrogens with one attached hydrogen (secondary N) is 1. The Morgan fingerprint density at radius 3 is 2.42 bits per heavy atom. The van der Waals surface area contributed by atoms with E-state index in [0.717, 1.165) is 23.2 Å². The highest BCUT2D eigenvalue weighted by atomic mass is 32.2. The van der Waals surface area contributed by atoms with Crippen LogP contribution in [0.1, 0.15) is 10.4 Å². The van der Waals surface area contributed by atoms with Crippen molar-refractivity contribution in [2.75, 3.05) is 11.0 Å². The summed E-state index contributed by atoms with van der Waals surface area (Å²) in [5, 5.41) is 9.21. The monoisotopic (exact) mass is 297 g/mol. The molecule has 0 amide bonds. The third-order valence-electron chi connectivity index (χ3n) is 2.30. The minimum Gasteiger partial charge on any atom is -0.478 e. The van der Waals surface area contributed by atoms with Gasteiger partial charge in [-0.2, -0.15) is 0 Å². The van der Waals surface area contributed by atoms with Gasteiger partial charge in [0.15, 0.2) is 0 Å². The lowest BCUT2D eigenvalue weighted by atomic mass is 10.1. The number of hydrogen-bond acceptors (Lipinski definition) is 4. The van der Waals surface area contributed by atoms with Gasteiger partial charge in [0.1, 0.15) is 5.00 Å². The summed E-state index contributed by atoms with van der Waals surface area (Å²) in [6, 6.07) is 10.7. The van der Waals surface area contributed by atoms with Gasteiger partial charge >= 0.3 is 5.97 Å². The van der Waals surface area contributed by atoms with Crippen LogP contribution >= 0.6 is 11.3 Å². The highest BCUT2D eigenvalue weighted by Crippen LogP contribution is 2.35. The third-order valence-corrected chi connectivity index (χ3v) is 4.10. The van der Waals surface area contributed by atoms with Crippen LogP contribution in [0, 0.1) is 0 Å². The van der Waals surface area contributed by atoms with Crippen molar-refractivity contribution in [3.63, 3.8) is 0 Å². The fraction of sp³-hybridized carbons (Fsp3) is 0.0833. The molecule has 0 aliphatic heterocycles. The molecule has 0 fully saturated rings. The molecule has 19 heavy (non-hydrogen) atoms. The number of aromatic carboxylic acids is 1. The average molecular weight is 297 g/mol. The molecule has 1 aromatic heterocycles. The number of carbonyl (C=O) groups is 1. The first-order chi connectivity index (χ1) is 8.87. The second-order valence-corrected chi connectivity index (χ2v) is 6.70. The number of thiophene rings is 1. The Hall–Kier alpha value is -1.86. The summed E-state index contributed by atoms with van der Waals surface area (Å²) >= 11 is 1.10. The molecule has 0 aliphatic carbocycles. The van der Waals surface area contributed by atoms with Crippen molar-refractivity contribution in [1.29, 1.82) is 0 Å². The number of sulfonamides is 1. The number of carboxylic acid groups (broad SMARTS) is 1. The number of rotatable bonds is 4. The molecule has 5 nitrogen and oxygen atoms in total. The first-order valence-corrected chi connectivity index (χ1v) is 7.98. The quantitative estimate of drug-likeness (QED) is 0.908. The van der Waals surface area contributed by atoms with E-state index in [4.69, 9.17) is 5.11 Å². The molecule has 2 aromatic rings. The zero-order chi connectivity index (χ0) is 14.0. The summed E-state index contributed by atoms with van der Waals surface area (Å²) in [5.41, 5.74) is 0.797. The molecule has 0 unspecified atom stereocenters. The van der Waals surface area contributed by atoms with Crippen molar-refractivity contribution in [2.45, 2.75) is 0 Å². The van der Waals surface area contributed by atoms with Crippen LogP contribution in [-0.4, -0.2) is 25.7 Å². The summed E-state index contributed by atoms with van der Waals surface area (Å²) in [6.07, 6.45) is 0.987. The first-order valence-electron chi connectivity index (χ1n) is 5.27. The van der Waals surface area contributed by atoms with Gasteiger partial charge in [0.2, 0.25) is 10.0 Å². The van der Waals surface area contributed by atoms with E-state index in [0.29, 0.717) is 4.88 Å². The molecule has 0 saturated carbocycles. The van der Waals surface area contributed by atoms with Gasteiger partial charge in [0.25, 0.3) is 0 Å². The van der Waals surface area contributed by atoms with E-state index in [2.05, 4.69) is 4.72 Å². The molecule has 0 spiro atoms. The molecule has 0 aliphatic rings. The van der Waals surface area contributed by atoms with E-state index < -0.39 is 16.0 Å². The number of carboxylic acids is 1. The summed E-state index contributed by atoms with van der Waals surface area (Å²) in [5.74, 6) is -1.16. The van der Waals surface area contributed by atoms with Crippen LogP contribution in [0.5, 0.6) is 0 Å². The average Bonchev–Trinajstić information content (AvgIpc) is 2.72. The molecule has 0 saturated heterocycles. The topological polar surface area (TPSA) is 83.5 Å². The van der Waals surface area contributed by atoms with Gasteiger partial charge in [-0.1, -0.05) is 30.3 Å². The standard InChI is InChI=1S/C12H11NO4S2/c1-19(16,17)13-11-9(12(14)15)7-10(18-11)8-5-3-2-4-6-8/h2-7,13H,1H3,(H,14,15). The minimum absolute atomic E-state index is 0.0470. The zero-order valence-corrected chi connectivity index (χ0v) is 11.6. The number of anilines is 1. The van der Waals surface area contributed by atoms with Crippen LogP contribution in [-0.2, 0) is 10.0 Å². The molecule has 0 atom stereocenters. The van der Waals surface area contributed by atoms with E-state index >= 15 is 0 Å². The predicted octanol–water partition coefficient (Wildman–Crippen LogP) is 2.48. The molecular formula is C12H11NO4S2. The van der Waals surface area contributed by atoms with Gasteiger partial charge in [0, 0.05) is 4.88 Å². The van der Waals surface area contributed by atoms with E-state index in [-0.39, 0.29) is 10.6 Å². The van der Waals surface area contributed by atoms with Crippen LogP contribution in [0.4, 0.5) is 5.00 Å². The fourth-order valence-electron chi connectivity index (χ4n) is 1.54. The minimum atomic E-state index is -3.50. The molecule has 100 valence electrons.